The van der Waals surface area contributed by atoms with Gasteiger partial charge in [-0.3, -0.25) is 9.78 Å². The zero-order chi connectivity index (χ0) is 13.7. The lowest BCUT2D eigenvalue weighted by molar-refractivity contribution is 0.0689. The van der Waals surface area contributed by atoms with Crippen LogP contribution in [0.2, 0.25) is 0 Å². The zero-order valence-corrected chi connectivity index (χ0v) is 11.3. The maximum atomic E-state index is 12.2. The summed E-state index contributed by atoms with van der Waals surface area (Å²) >= 11 is 0. The minimum absolute atomic E-state index is 0.0351. The van der Waals surface area contributed by atoms with Gasteiger partial charge in [0, 0.05) is 19.3 Å². The van der Waals surface area contributed by atoms with Gasteiger partial charge in [-0.2, -0.15) is 0 Å². The molecule has 0 unspecified atom stereocenters. The Hall–Kier alpha value is -1.62. The highest BCUT2D eigenvalue weighted by molar-refractivity contribution is 5.94. The lowest BCUT2D eigenvalue weighted by Crippen LogP contribution is -2.40. The monoisotopic (exact) mass is 263 g/mol. The summed E-state index contributed by atoms with van der Waals surface area (Å²) in [6.45, 7) is 5.70. The molecule has 5 heteroatoms. The van der Waals surface area contributed by atoms with Crippen molar-refractivity contribution in [2.24, 2.45) is 5.92 Å². The maximum absolute atomic E-state index is 12.2. The molecular formula is C14H21N3O2. The molecule has 19 heavy (non-hydrogen) atoms. The molecule has 1 fully saturated rings. The third kappa shape index (κ3) is 3.67. The van der Waals surface area contributed by atoms with Crippen LogP contribution in [0.1, 0.15) is 30.1 Å². The number of hydrogen-bond acceptors (Lipinski definition) is 4. The Morgan fingerprint density at radius 2 is 2.21 bits per heavy atom. The predicted octanol–water partition coefficient (Wildman–Crippen LogP) is 1.25. The summed E-state index contributed by atoms with van der Waals surface area (Å²) in [6.07, 6.45) is 4.90. The van der Waals surface area contributed by atoms with Crippen molar-refractivity contribution in [2.75, 3.05) is 26.2 Å². The Labute approximate surface area is 113 Å². The number of pyridine rings is 1. The third-order valence-electron chi connectivity index (χ3n) is 3.56. The smallest absolute Gasteiger partial charge is 0.255 e. The highest BCUT2D eigenvalue weighted by atomic mass is 16.3. The van der Waals surface area contributed by atoms with Crippen LogP contribution in [0.3, 0.4) is 0 Å². The SMILES string of the molecule is CCNCC1CCN(C(=O)c2cncc(O)c2)CC1. The number of carbonyl (C=O) groups is 1. The van der Waals surface area contributed by atoms with E-state index in [-0.39, 0.29) is 11.7 Å². The topological polar surface area (TPSA) is 65.5 Å². The second-order valence-corrected chi connectivity index (χ2v) is 4.98. The molecule has 0 atom stereocenters. The number of piperidine rings is 1. The van der Waals surface area contributed by atoms with Crippen LogP contribution in [0.5, 0.6) is 5.75 Å². The fraction of sp³-hybridized carbons (Fsp3) is 0.571. The molecule has 2 rings (SSSR count). The third-order valence-corrected chi connectivity index (χ3v) is 3.56. The molecule has 0 saturated carbocycles. The minimum Gasteiger partial charge on any atom is -0.506 e. The first-order valence-corrected chi connectivity index (χ1v) is 6.84. The maximum Gasteiger partial charge on any atom is 0.255 e. The van der Waals surface area contributed by atoms with E-state index in [9.17, 15) is 9.90 Å². The van der Waals surface area contributed by atoms with Gasteiger partial charge >= 0.3 is 0 Å². The van der Waals surface area contributed by atoms with Gasteiger partial charge in [-0.05, 0) is 37.9 Å². The minimum atomic E-state index is -0.0368. The first-order chi connectivity index (χ1) is 9.20. The summed E-state index contributed by atoms with van der Waals surface area (Å²) in [4.78, 5) is 17.9. The number of rotatable bonds is 4. The number of carbonyl (C=O) groups excluding carboxylic acids is 1. The number of aromatic nitrogens is 1. The van der Waals surface area contributed by atoms with Crippen molar-refractivity contribution in [1.29, 1.82) is 0 Å². The Morgan fingerprint density at radius 3 is 2.84 bits per heavy atom. The summed E-state index contributed by atoms with van der Waals surface area (Å²) < 4.78 is 0. The van der Waals surface area contributed by atoms with Crippen LogP contribution in [-0.2, 0) is 0 Å². The van der Waals surface area contributed by atoms with Gasteiger partial charge in [0.2, 0.25) is 0 Å². The van der Waals surface area contributed by atoms with E-state index in [1.807, 2.05) is 4.90 Å². The summed E-state index contributed by atoms with van der Waals surface area (Å²) in [5, 5.41) is 12.7. The highest BCUT2D eigenvalue weighted by Gasteiger charge is 2.23. The van der Waals surface area contributed by atoms with Crippen LogP contribution < -0.4 is 5.32 Å². The van der Waals surface area contributed by atoms with Crippen LogP contribution >= 0.6 is 0 Å². The second kappa shape index (κ2) is 6.52. The van der Waals surface area contributed by atoms with Gasteiger partial charge in [-0.25, -0.2) is 0 Å². The van der Waals surface area contributed by atoms with Gasteiger partial charge in [0.1, 0.15) is 5.75 Å². The number of aromatic hydroxyl groups is 1. The quantitative estimate of drug-likeness (QED) is 0.858. The molecule has 0 bridgehead atoms. The predicted molar refractivity (Wildman–Crippen MR) is 73.1 cm³/mol. The van der Waals surface area contributed by atoms with Crippen molar-refractivity contribution in [3.05, 3.63) is 24.0 Å². The Bertz CT molecular complexity index is 428. The van der Waals surface area contributed by atoms with Crippen LogP contribution in [-0.4, -0.2) is 47.1 Å². The van der Waals surface area contributed by atoms with Gasteiger partial charge in [-0.15, -0.1) is 0 Å². The standard InChI is InChI=1S/C14H21N3O2/c1-2-15-8-11-3-5-17(6-4-11)14(19)12-7-13(18)10-16-9-12/h7,9-11,15,18H,2-6,8H2,1H3. The molecule has 5 nitrogen and oxygen atoms in total. The van der Waals surface area contributed by atoms with E-state index in [1.54, 1.807) is 0 Å². The Balaban J connectivity index is 1.89. The number of likely N-dealkylation sites (tertiary alicyclic amines) is 1. The molecule has 0 radical (unpaired) electrons. The van der Waals surface area contributed by atoms with Crippen LogP contribution in [0, 0.1) is 5.92 Å². The van der Waals surface area contributed by atoms with E-state index < -0.39 is 0 Å². The number of nitrogens with zero attached hydrogens (tertiary/aromatic N) is 2. The first kappa shape index (κ1) is 13.8. The lowest BCUT2D eigenvalue weighted by atomic mass is 9.96. The van der Waals surface area contributed by atoms with E-state index in [0.717, 1.165) is 39.0 Å². The summed E-state index contributed by atoms with van der Waals surface area (Å²) in [7, 11) is 0. The fourth-order valence-corrected chi connectivity index (χ4v) is 2.42. The Morgan fingerprint density at radius 1 is 1.47 bits per heavy atom. The first-order valence-electron chi connectivity index (χ1n) is 6.84. The summed E-state index contributed by atoms with van der Waals surface area (Å²) in [5.74, 6) is 0.657. The molecule has 0 aliphatic carbocycles. The summed E-state index contributed by atoms with van der Waals surface area (Å²) in [6, 6.07) is 1.47. The molecule has 0 aromatic carbocycles. The van der Waals surface area contributed by atoms with Gasteiger partial charge in [0.05, 0.1) is 11.8 Å². The van der Waals surface area contributed by atoms with Gasteiger partial charge in [0.25, 0.3) is 5.91 Å². The molecule has 104 valence electrons. The van der Waals surface area contributed by atoms with Crippen molar-refractivity contribution >= 4 is 5.91 Å². The van der Waals surface area contributed by atoms with E-state index in [1.165, 1.54) is 18.5 Å². The molecule has 1 saturated heterocycles. The molecule has 1 aliphatic rings. The number of amides is 1. The zero-order valence-electron chi connectivity index (χ0n) is 11.3. The molecule has 1 amide bonds. The van der Waals surface area contributed by atoms with Gasteiger partial charge in [-0.1, -0.05) is 6.92 Å². The van der Waals surface area contributed by atoms with Crippen molar-refractivity contribution in [1.82, 2.24) is 15.2 Å². The van der Waals surface area contributed by atoms with Crippen LogP contribution in [0.15, 0.2) is 18.5 Å². The largest absolute Gasteiger partial charge is 0.506 e. The fourth-order valence-electron chi connectivity index (χ4n) is 2.42. The van der Waals surface area contributed by atoms with Crippen molar-refractivity contribution in [2.45, 2.75) is 19.8 Å². The van der Waals surface area contributed by atoms with E-state index >= 15 is 0 Å². The average molecular weight is 263 g/mol. The molecular weight excluding hydrogens is 242 g/mol. The van der Waals surface area contributed by atoms with Crippen LogP contribution in [0.4, 0.5) is 0 Å². The Kier molecular flexibility index (Phi) is 4.74. The molecule has 1 aromatic heterocycles. The van der Waals surface area contributed by atoms with E-state index in [0.29, 0.717) is 11.5 Å². The van der Waals surface area contributed by atoms with Gasteiger partial charge in [0.15, 0.2) is 0 Å². The van der Waals surface area contributed by atoms with Crippen molar-refractivity contribution < 1.29 is 9.90 Å². The van der Waals surface area contributed by atoms with E-state index in [2.05, 4.69) is 17.2 Å². The van der Waals surface area contributed by atoms with E-state index in [4.69, 9.17) is 0 Å². The number of hydrogen-bond donors (Lipinski definition) is 2. The van der Waals surface area contributed by atoms with Crippen LogP contribution in [0.25, 0.3) is 0 Å². The second-order valence-electron chi connectivity index (χ2n) is 4.98. The van der Waals surface area contributed by atoms with Crippen molar-refractivity contribution in [3.63, 3.8) is 0 Å². The normalized spacial score (nSPS) is 16.6. The highest BCUT2D eigenvalue weighted by Crippen LogP contribution is 2.19. The molecule has 2 heterocycles. The van der Waals surface area contributed by atoms with Crippen molar-refractivity contribution in [3.8, 4) is 5.75 Å². The average Bonchev–Trinajstić information content (AvgIpc) is 2.45. The molecule has 1 aliphatic heterocycles. The number of nitrogens with one attached hydrogen (secondary N) is 1. The molecule has 0 spiro atoms. The van der Waals surface area contributed by atoms with Gasteiger partial charge < -0.3 is 15.3 Å². The summed E-state index contributed by atoms with van der Waals surface area (Å²) in [5.41, 5.74) is 0.463. The lowest BCUT2D eigenvalue weighted by Gasteiger charge is -2.32. The molecule has 2 N–H and O–H groups in total. The molecule has 1 aromatic rings.